The highest BCUT2D eigenvalue weighted by Gasteiger charge is 2.19. The van der Waals surface area contributed by atoms with Crippen LogP contribution in [-0.2, 0) is 7.05 Å². The van der Waals surface area contributed by atoms with E-state index in [-0.39, 0.29) is 0 Å². The number of fused-ring (bicyclic) bond motifs is 4. The lowest BCUT2D eigenvalue weighted by molar-refractivity contribution is -0.660. The number of hydrogen-bond donors (Lipinski definition) is 0. The van der Waals surface area contributed by atoms with Gasteiger partial charge in [0.2, 0.25) is 5.69 Å². The monoisotopic (exact) mass is 324 g/mol. The van der Waals surface area contributed by atoms with Crippen molar-refractivity contribution in [3.8, 4) is 11.3 Å². The van der Waals surface area contributed by atoms with Crippen molar-refractivity contribution in [1.82, 2.24) is 9.38 Å². The summed E-state index contributed by atoms with van der Waals surface area (Å²) in [6.07, 6.45) is 8.09. The summed E-state index contributed by atoms with van der Waals surface area (Å²) >= 11 is 0. The average Bonchev–Trinajstić information content (AvgIpc) is 3.09. The molecular formula is C22H18N3+. The van der Waals surface area contributed by atoms with Gasteiger partial charge in [-0.05, 0) is 40.8 Å². The van der Waals surface area contributed by atoms with Gasteiger partial charge in [-0.25, -0.2) is 9.55 Å². The molecule has 0 aliphatic carbocycles. The van der Waals surface area contributed by atoms with Gasteiger partial charge in [0, 0.05) is 23.7 Å². The summed E-state index contributed by atoms with van der Waals surface area (Å²) in [5.41, 5.74) is 4.93. The first-order chi connectivity index (χ1) is 12.2. The van der Waals surface area contributed by atoms with E-state index in [1.807, 2.05) is 12.5 Å². The number of hydrogen-bond acceptors (Lipinski definition) is 1. The fourth-order valence-electron chi connectivity index (χ4n) is 3.89. The lowest BCUT2D eigenvalue weighted by atomic mass is 9.91. The Morgan fingerprint density at radius 3 is 2.56 bits per heavy atom. The number of rotatable bonds is 1. The molecule has 0 aliphatic heterocycles. The fourth-order valence-corrected chi connectivity index (χ4v) is 3.89. The van der Waals surface area contributed by atoms with Crippen molar-refractivity contribution in [3.63, 3.8) is 0 Å². The molecule has 5 rings (SSSR count). The van der Waals surface area contributed by atoms with Gasteiger partial charge >= 0.3 is 0 Å². The molecule has 5 aromatic rings. The van der Waals surface area contributed by atoms with E-state index in [2.05, 4.69) is 88.8 Å². The van der Waals surface area contributed by atoms with Crippen LogP contribution in [0.25, 0.3) is 38.3 Å². The summed E-state index contributed by atoms with van der Waals surface area (Å²) in [5.74, 6) is 0. The van der Waals surface area contributed by atoms with E-state index in [9.17, 15) is 0 Å². The molecule has 3 heteroatoms. The Hall–Kier alpha value is -3.20. The second-order valence-corrected chi connectivity index (χ2v) is 6.57. The predicted molar refractivity (Wildman–Crippen MR) is 102 cm³/mol. The van der Waals surface area contributed by atoms with Crippen molar-refractivity contribution in [1.29, 1.82) is 0 Å². The van der Waals surface area contributed by atoms with E-state index >= 15 is 0 Å². The molecule has 0 amide bonds. The Bertz CT molecular complexity index is 1260. The normalized spacial score (nSPS) is 11.6. The predicted octanol–water partition coefficient (Wildman–Crippen LogP) is 4.44. The van der Waals surface area contributed by atoms with Gasteiger partial charge < -0.3 is 4.40 Å². The summed E-state index contributed by atoms with van der Waals surface area (Å²) in [4.78, 5) is 4.30. The van der Waals surface area contributed by atoms with Gasteiger partial charge in [0.15, 0.2) is 6.20 Å². The van der Waals surface area contributed by atoms with Crippen molar-refractivity contribution in [3.05, 3.63) is 79.0 Å². The molecule has 3 aromatic heterocycles. The Labute approximate surface area is 145 Å². The van der Waals surface area contributed by atoms with Gasteiger partial charge in [-0.2, -0.15) is 0 Å². The molecule has 25 heavy (non-hydrogen) atoms. The van der Waals surface area contributed by atoms with Gasteiger partial charge in [0.25, 0.3) is 0 Å². The smallest absolute Gasteiger partial charge is 0.213 e. The first-order valence-corrected chi connectivity index (χ1v) is 8.46. The molecular weight excluding hydrogens is 306 g/mol. The lowest BCUT2D eigenvalue weighted by Crippen LogP contribution is -2.30. The van der Waals surface area contributed by atoms with E-state index in [4.69, 9.17) is 0 Å². The van der Waals surface area contributed by atoms with E-state index in [0.29, 0.717) is 0 Å². The summed E-state index contributed by atoms with van der Waals surface area (Å²) in [7, 11) is 2.10. The van der Waals surface area contributed by atoms with Gasteiger partial charge in [0.1, 0.15) is 7.05 Å². The maximum Gasteiger partial charge on any atom is 0.213 e. The molecule has 0 saturated carbocycles. The minimum atomic E-state index is 1.12. The molecule has 0 fully saturated rings. The summed E-state index contributed by atoms with van der Waals surface area (Å²) in [6.45, 7) is 2.22. The van der Waals surface area contributed by atoms with Crippen LogP contribution < -0.4 is 4.57 Å². The van der Waals surface area contributed by atoms with Crippen LogP contribution in [0.1, 0.15) is 5.56 Å². The third kappa shape index (κ3) is 1.99. The van der Waals surface area contributed by atoms with Crippen molar-refractivity contribution < 1.29 is 4.57 Å². The number of benzene rings is 2. The lowest BCUT2D eigenvalue weighted by Gasteiger charge is -2.14. The minimum Gasteiger partial charge on any atom is -0.306 e. The van der Waals surface area contributed by atoms with Crippen LogP contribution in [0.3, 0.4) is 0 Å². The third-order valence-corrected chi connectivity index (χ3v) is 5.12. The number of nitrogens with zero attached hydrogens (tertiary/aromatic N) is 3. The highest BCUT2D eigenvalue weighted by atomic mass is 15.0. The molecule has 0 spiro atoms. The number of aryl methyl sites for hydroxylation is 2. The first-order valence-electron chi connectivity index (χ1n) is 8.46. The third-order valence-electron chi connectivity index (χ3n) is 5.12. The largest absolute Gasteiger partial charge is 0.306 e. The molecule has 0 unspecified atom stereocenters. The van der Waals surface area contributed by atoms with Crippen LogP contribution in [-0.4, -0.2) is 9.38 Å². The number of pyridine rings is 2. The van der Waals surface area contributed by atoms with Crippen molar-refractivity contribution in [2.24, 2.45) is 7.05 Å². The fraction of sp³-hybridized carbons (Fsp3) is 0.0909. The molecule has 0 saturated heterocycles. The van der Waals surface area contributed by atoms with Crippen molar-refractivity contribution in [2.45, 2.75) is 6.92 Å². The Morgan fingerprint density at radius 1 is 0.920 bits per heavy atom. The standard InChI is InChI=1S/C22H18N3/c1-15-17-7-3-4-8-18(17)19-11-16-12-23-14-25(16)13-20(19)22(15)21-9-5-6-10-24(21)2/h3-14H,1-2H3/q+1. The zero-order valence-electron chi connectivity index (χ0n) is 14.3. The highest BCUT2D eigenvalue weighted by Crippen LogP contribution is 2.37. The Balaban J connectivity index is 2.07. The second kappa shape index (κ2) is 5.15. The Kier molecular flexibility index (Phi) is 2.92. The highest BCUT2D eigenvalue weighted by molar-refractivity contribution is 6.15. The minimum absolute atomic E-state index is 1.12. The van der Waals surface area contributed by atoms with Crippen LogP contribution in [0.2, 0.25) is 0 Å². The van der Waals surface area contributed by atoms with Crippen molar-refractivity contribution in [2.75, 3.05) is 0 Å². The molecule has 0 radical (unpaired) electrons. The van der Waals surface area contributed by atoms with Gasteiger partial charge in [0.05, 0.1) is 23.6 Å². The topological polar surface area (TPSA) is 21.2 Å². The molecule has 3 heterocycles. The summed E-state index contributed by atoms with van der Waals surface area (Å²) in [5, 5.41) is 5.12. The molecule has 3 nitrogen and oxygen atoms in total. The molecule has 0 bridgehead atoms. The van der Waals surface area contributed by atoms with Crippen molar-refractivity contribution >= 4 is 27.1 Å². The SMILES string of the molecule is Cc1c(-c2cccc[n+]2C)c2cn3cncc3cc2c2ccccc12. The molecule has 0 aliphatic rings. The molecule has 2 aromatic carbocycles. The van der Waals surface area contributed by atoms with Gasteiger partial charge in [-0.3, -0.25) is 0 Å². The van der Waals surface area contributed by atoms with Crippen LogP contribution in [0.15, 0.2) is 73.4 Å². The van der Waals surface area contributed by atoms with Crippen LogP contribution in [0, 0.1) is 6.92 Å². The van der Waals surface area contributed by atoms with E-state index in [0.717, 1.165) is 5.52 Å². The summed E-state index contributed by atoms with van der Waals surface area (Å²) in [6, 6.07) is 17.3. The molecule has 0 atom stereocenters. The number of aromatic nitrogens is 3. The zero-order chi connectivity index (χ0) is 17.0. The van der Waals surface area contributed by atoms with Crippen LogP contribution in [0.5, 0.6) is 0 Å². The van der Waals surface area contributed by atoms with Crippen LogP contribution in [0.4, 0.5) is 0 Å². The zero-order valence-corrected chi connectivity index (χ0v) is 14.3. The van der Waals surface area contributed by atoms with Gasteiger partial charge in [-0.15, -0.1) is 0 Å². The second-order valence-electron chi connectivity index (χ2n) is 6.57. The quantitative estimate of drug-likeness (QED) is 0.330. The van der Waals surface area contributed by atoms with E-state index in [1.165, 1.54) is 38.4 Å². The van der Waals surface area contributed by atoms with Crippen LogP contribution >= 0.6 is 0 Å². The average molecular weight is 324 g/mol. The Morgan fingerprint density at radius 2 is 1.72 bits per heavy atom. The van der Waals surface area contributed by atoms with E-state index < -0.39 is 0 Å². The number of imidazole rings is 1. The molecule has 120 valence electrons. The first kappa shape index (κ1) is 14.2. The summed E-state index contributed by atoms with van der Waals surface area (Å²) < 4.78 is 4.29. The van der Waals surface area contributed by atoms with Gasteiger partial charge in [-0.1, -0.05) is 24.3 Å². The maximum absolute atomic E-state index is 4.30. The molecule has 0 N–H and O–H groups in total. The van der Waals surface area contributed by atoms with E-state index in [1.54, 1.807) is 0 Å². The maximum atomic E-state index is 4.30.